The molecular formula is C22H20N2O5. The number of esters is 1. The minimum absolute atomic E-state index is 0.00804. The maximum atomic E-state index is 12.5. The second-order valence-electron chi connectivity index (χ2n) is 6.32. The second-order valence-corrected chi connectivity index (χ2v) is 6.32. The molecule has 0 unspecified atom stereocenters. The molecule has 0 saturated heterocycles. The van der Waals surface area contributed by atoms with Gasteiger partial charge in [0.25, 0.3) is 11.8 Å². The average molecular weight is 392 g/mol. The number of carbonyl (C=O) groups is 3. The van der Waals surface area contributed by atoms with E-state index < -0.39 is 18.5 Å². The van der Waals surface area contributed by atoms with Gasteiger partial charge < -0.3 is 19.8 Å². The van der Waals surface area contributed by atoms with Crippen LogP contribution in [0.25, 0.3) is 0 Å². The van der Waals surface area contributed by atoms with Crippen molar-refractivity contribution in [3.8, 4) is 0 Å². The molecule has 0 bridgehead atoms. The molecule has 29 heavy (non-hydrogen) atoms. The minimum Gasteiger partial charge on any atom is -0.457 e. The molecule has 2 amide bonds. The average Bonchev–Trinajstić information content (AvgIpc) is 3.27. The highest BCUT2D eigenvalue weighted by atomic mass is 16.5. The van der Waals surface area contributed by atoms with Gasteiger partial charge in [-0.3, -0.25) is 9.59 Å². The van der Waals surface area contributed by atoms with Crippen molar-refractivity contribution in [2.75, 3.05) is 11.9 Å². The van der Waals surface area contributed by atoms with Gasteiger partial charge in [0.1, 0.15) is 0 Å². The third kappa shape index (κ3) is 5.55. The van der Waals surface area contributed by atoms with Crippen molar-refractivity contribution >= 4 is 23.5 Å². The number of nitrogens with one attached hydrogen (secondary N) is 2. The summed E-state index contributed by atoms with van der Waals surface area (Å²) in [5.74, 6) is -1.62. The lowest BCUT2D eigenvalue weighted by atomic mass is 10.1. The number of aryl methyl sites for hydroxylation is 1. The van der Waals surface area contributed by atoms with Crippen molar-refractivity contribution in [3.05, 3.63) is 89.4 Å². The Morgan fingerprint density at radius 2 is 1.72 bits per heavy atom. The fourth-order valence-corrected chi connectivity index (χ4v) is 2.56. The Balaban J connectivity index is 1.57. The van der Waals surface area contributed by atoms with Crippen LogP contribution in [0.4, 0.5) is 5.69 Å². The number of benzene rings is 2. The number of para-hydroxylation sites is 1. The Labute approximate surface area is 167 Å². The topological polar surface area (TPSA) is 97.6 Å². The van der Waals surface area contributed by atoms with Gasteiger partial charge in [0.05, 0.1) is 17.5 Å². The minimum atomic E-state index is -0.741. The van der Waals surface area contributed by atoms with E-state index in [-0.39, 0.29) is 11.7 Å². The van der Waals surface area contributed by atoms with E-state index in [1.54, 1.807) is 30.3 Å². The number of amides is 2. The van der Waals surface area contributed by atoms with E-state index in [0.717, 1.165) is 11.1 Å². The first-order chi connectivity index (χ1) is 14.0. The van der Waals surface area contributed by atoms with E-state index in [4.69, 9.17) is 9.15 Å². The summed E-state index contributed by atoms with van der Waals surface area (Å²) < 4.78 is 9.80. The number of rotatable bonds is 7. The summed E-state index contributed by atoms with van der Waals surface area (Å²) in [5.41, 5.74) is 2.74. The zero-order valence-corrected chi connectivity index (χ0v) is 15.8. The number of ether oxygens (including phenoxy) is 1. The molecule has 3 rings (SSSR count). The first-order valence-corrected chi connectivity index (χ1v) is 8.96. The fraction of sp³-hybridized carbons (Fsp3) is 0.136. The van der Waals surface area contributed by atoms with Crippen LogP contribution in [-0.2, 0) is 16.1 Å². The summed E-state index contributed by atoms with van der Waals surface area (Å²) in [6, 6.07) is 17.4. The lowest BCUT2D eigenvalue weighted by Crippen LogP contribution is -2.26. The molecule has 1 heterocycles. The smallest absolute Gasteiger partial charge is 0.374 e. The molecule has 3 aromatic rings. The summed E-state index contributed by atoms with van der Waals surface area (Å²) in [6.45, 7) is 1.86. The Morgan fingerprint density at radius 3 is 2.45 bits per heavy atom. The monoisotopic (exact) mass is 392 g/mol. The fourth-order valence-electron chi connectivity index (χ4n) is 2.56. The highest BCUT2D eigenvalue weighted by Gasteiger charge is 2.15. The maximum Gasteiger partial charge on any atom is 0.374 e. The van der Waals surface area contributed by atoms with Gasteiger partial charge >= 0.3 is 5.97 Å². The molecule has 2 N–H and O–H groups in total. The van der Waals surface area contributed by atoms with Crippen LogP contribution in [0.15, 0.2) is 71.3 Å². The third-order valence-corrected chi connectivity index (χ3v) is 4.08. The third-order valence-electron chi connectivity index (χ3n) is 4.08. The second kappa shape index (κ2) is 9.36. The van der Waals surface area contributed by atoms with Crippen LogP contribution in [-0.4, -0.2) is 24.4 Å². The summed E-state index contributed by atoms with van der Waals surface area (Å²) in [6.07, 6.45) is 1.34. The van der Waals surface area contributed by atoms with E-state index in [1.165, 1.54) is 12.3 Å². The molecule has 1 aromatic heterocycles. The Hall–Kier alpha value is -3.87. The SMILES string of the molecule is Cc1ccc(CNC(=O)c2ccccc2NC(=O)COC(=O)c2ccco2)cc1. The summed E-state index contributed by atoms with van der Waals surface area (Å²) in [4.78, 5) is 36.4. The Morgan fingerprint density at radius 1 is 0.966 bits per heavy atom. The first-order valence-electron chi connectivity index (χ1n) is 8.96. The molecule has 7 heteroatoms. The first kappa shape index (κ1) is 19.9. The number of carbonyl (C=O) groups excluding carboxylic acids is 3. The maximum absolute atomic E-state index is 12.5. The Bertz CT molecular complexity index is 994. The van der Waals surface area contributed by atoms with Crippen LogP contribution in [0.2, 0.25) is 0 Å². The zero-order valence-electron chi connectivity index (χ0n) is 15.8. The van der Waals surface area contributed by atoms with E-state index in [2.05, 4.69) is 10.6 Å². The van der Waals surface area contributed by atoms with Crippen molar-refractivity contribution in [3.63, 3.8) is 0 Å². The van der Waals surface area contributed by atoms with Crippen LogP contribution < -0.4 is 10.6 Å². The van der Waals surface area contributed by atoms with Crippen molar-refractivity contribution in [2.24, 2.45) is 0 Å². The number of hydrogen-bond donors (Lipinski definition) is 2. The molecule has 2 aromatic carbocycles. The van der Waals surface area contributed by atoms with Gasteiger partial charge in [-0.15, -0.1) is 0 Å². The molecule has 0 atom stereocenters. The number of anilines is 1. The molecule has 0 aliphatic heterocycles. The van der Waals surface area contributed by atoms with Crippen LogP contribution in [0.5, 0.6) is 0 Å². The van der Waals surface area contributed by atoms with Crippen molar-refractivity contribution < 1.29 is 23.5 Å². The van der Waals surface area contributed by atoms with E-state index in [9.17, 15) is 14.4 Å². The van der Waals surface area contributed by atoms with E-state index >= 15 is 0 Å². The van der Waals surface area contributed by atoms with Crippen molar-refractivity contribution in [2.45, 2.75) is 13.5 Å². The van der Waals surface area contributed by atoms with Crippen molar-refractivity contribution in [1.82, 2.24) is 5.32 Å². The van der Waals surface area contributed by atoms with Crippen LogP contribution in [0, 0.1) is 6.92 Å². The highest BCUT2D eigenvalue weighted by Crippen LogP contribution is 2.15. The molecule has 0 aliphatic rings. The van der Waals surface area contributed by atoms with Crippen LogP contribution in [0.3, 0.4) is 0 Å². The molecule has 0 aliphatic carbocycles. The van der Waals surface area contributed by atoms with Crippen LogP contribution >= 0.6 is 0 Å². The van der Waals surface area contributed by atoms with Gasteiger partial charge in [0.2, 0.25) is 5.76 Å². The number of furan rings is 1. The lowest BCUT2D eigenvalue weighted by Gasteiger charge is -2.12. The van der Waals surface area contributed by atoms with E-state index in [0.29, 0.717) is 17.8 Å². The largest absolute Gasteiger partial charge is 0.457 e. The molecule has 0 spiro atoms. The van der Waals surface area contributed by atoms with E-state index in [1.807, 2.05) is 31.2 Å². The molecular weight excluding hydrogens is 372 g/mol. The Kier molecular flexibility index (Phi) is 6.42. The predicted molar refractivity (Wildman–Crippen MR) is 106 cm³/mol. The van der Waals surface area contributed by atoms with Gasteiger partial charge in [-0.1, -0.05) is 42.0 Å². The van der Waals surface area contributed by atoms with Gasteiger partial charge in [-0.2, -0.15) is 0 Å². The van der Waals surface area contributed by atoms with Gasteiger partial charge in [-0.05, 0) is 36.8 Å². The molecule has 148 valence electrons. The highest BCUT2D eigenvalue weighted by molar-refractivity contribution is 6.04. The molecule has 0 radical (unpaired) electrons. The molecule has 0 saturated carbocycles. The summed E-state index contributed by atoms with van der Waals surface area (Å²) >= 11 is 0. The molecule has 0 fully saturated rings. The van der Waals surface area contributed by atoms with Gasteiger partial charge in [0.15, 0.2) is 6.61 Å². The van der Waals surface area contributed by atoms with Crippen molar-refractivity contribution in [1.29, 1.82) is 0 Å². The predicted octanol–water partition coefficient (Wildman–Crippen LogP) is 3.31. The lowest BCUT2D eigenvalue weighted by molar-refractivity contribution is -0.119. The van der Waals surface area contributed by atoms with Crippen LogP contribution in [0.1, 0.15) is 32.0 Å². The standard InChI is InChI=1S/C22H20N2O5/c1-15-8-10-16(11-9-15)13-23-21(26)17-5-2-3-6-18(17)24-20(25)14-29-22(27)19-7-4-12-28-19/h2-12H,13-14H2,1H3,(H,23,26)(H,24,25). The summed E-state index contributed by atoms with van der Waals surface area (Å²) in [7, 11) is 0. The van der Waals surface area contributed by atoms with Gasteiger partial charge in [0, 0.05) is 6.54 Å². The number of hydrogen-bond acceptors (Lipinski definition) is 5. The molecule has 7 nitrogen and oxygen atoms in total. The quantitative estimate of drug-likeness (QED) is 0.601. The summed E-state index contributed by atoms with van der Waals surface area (Å²) in [5, 5.41) is 5.42. The van der Waals surface area contributed by atoms with Gasteiger partial charge in [-0.25, -0.2) is 4.79 Å². The zero-order chi connectivity index (χ0) is 20.6. The normalized spacial score (nSPS) is 10.2.